The molecule has 0 spiro atoms. The van der Waals surface area contributed by atoms with Crippen LogP contribution in [0.3, 0.4) is 0 Å². The molecule has 0 aromatic heterocycles. The fourth-order valence-electron chi connectivity index (χ4n) is 3.56. The Morgan fingerprint density at radius 3 is 2.25 bits per heavy atom. The van der Waals surface area contributed by atoms with Crippen LogP contribution in [-0.4, -0.2) is 41.6 Å². The van der Waals surface area contributed by atoms with E-state index in [4.69, 9.17) is 9.47 Å². The molecule has 1 aliphatic rings. The molecule has 0 aliphatic heterocycles. The summed E-state index contributed by atoms with van der Waals surface area (Å²) in [4.78, 5) is 38.0. The van der Waals surface area contributed by atoms with Gasteiger partial charge in [-0.15, -0.1) is 0 Å². The maximum atomic E-state index is 13.4. The Morgan fingerprint density at radius 2 is 1.71 bits per heavy atom. The van der Waals surface area contributed by atoms with E-state index in [0.29, 0.717) is 5.56 Å². The van der Waals surface area contributed by atoms with Gasteiger partial charge in [-0.3, -0.25) is 14.4 Å². The van der Waals surface area contributed by atoms with E-state index >= 15 is 0 Å². The molecule has 0 saturated heterocycles. The van der Waals surface area contributed by atoms with Gasteiger partial charge in [-0.05, 0) is 24.6 Å². The molecule has 7 heteroatoms. The number of aliphatic hydroxyl groups is 1. The van der Waals surface area contributed by atoms with Gasteiger partial charge in [-0.2, -0.15) is 0 Å². The summed E-state index contributed by atoms with van der Waals surface area (Å²) in [5, 5.41) is 10.8. The Bertz CT molecular complexity index is 768. The molecule has 1 N–H and O–H groups in total. The SMILES string of the molecule is C=CCOC(=O)C1C(=O)CC(C)(O)C(C(=O)OCC=C)C1c1ccc(F)cc1. The number of carbonyl (C=O) groups excluding carboxylic acids is 3. The highest BCUT2D eigenvalue weighted by molar-refractivity contribution is 6.02. The van der Waals surface area contributed by atoms with Crippen LogP contribution in [0.25, 0.3) is 0 Å². The minimum Gasteiger partial charge on any atom is -0.461 e. The van der Waals surface area contributed by atoms with Crippen LogP contribution in [-0.2, 0) is 23.9 Å². The van der Waals surface area contributed by atoms with Gasteiger partial charge in [0.25, 0.3) is 0 Å². The fourth-order valence-corrected chi connectivity index (χ4v) is 3.56. The lowest BCUT2D eigenvalue weighted by atomic mass is 9.62. The second-order valence-electron chi connectivity index (χ2n) is 6.87. The van der Waals surface area contributed by atoms with Crippen molar-refractivity contribution in [3.05, 3.63) is 61.0 Å². The van der Waals surface area contributed by atoms with Crippen molar-refractivity contribution in [1.82, 2.24) is 0 Å². The average molecular weight is 390 g/mol. The Hall–Kier alpha value is -2.80. The molecule has 0 heterocycles. The van der Waals surface area contributed by atoms with Crippen molar-refractivity contribution >= 4 is 17.7 Å². The smallest absolute Gasteiger partial charge is 0.317 e. The lowest BCUT2D eigenvalue weighted by molar-refractivity contribution is -0.171. The van der Waals surface area contributed by atoms with Crippen molar-refractivity contribution < 1.29 is 33.4 Å². The van der Waals surface area contributed by atoms with E-state index < -0.39 is 53.3 Å². The lowest BCUT2D eigenvalue weighted by Crippen LogP contribution is -2.55. The predicted molar refractivity (Wildman–Crippen MR) is 98.7 cm³/mol. The van der Waals surface area contributed by atoms with E-state index in [9.17, 15) is 23.9 Å². The van der Waals surface area contributed by atoms with E-state index in [1.807, 2.05) is 0 Å². The van der Waals surface area contributed by atoms with Gasteiger partial charge in [0.05, 0.1) is 11.5 Å². The van der Waals surface area contributed by atoms with Crippen molar-refractivity contribution in [3.63, 3.8) is 0 Å². The van der Waals surface area contributed by atoms with Crippen LogP contribution in [0.2, 0.25) is 0 Å². The topological polar surface area (TPSA) is 89.9 Å². The minimum atomic E-state index is -1.76. The first kappa shape index (κ1) is 21.5. The second kappa shape index (κ2) is 8.93. The molecular weight excluding hydrogens is 367 g/mol. The average Bonchev–Trinajstić information content (AvgIpc) is 2.63. The Labute approximate surface area is 162 Å². The highest BCUT2D eigenvalue weighted by Gasteiger charge is 2.57. The maximum Gasteiger partial charge on any atom is 0.317 e. The summed E-state index contributed by atoms with van der Waals surface area (Å²) in [7, 11) is 0. The van der Waals surface area contributed by atoms with Crippen molar-refractivity contribution in [3.8, 4) is 0 Å². The standard InChI is InChI=1S/C21H23FO6/c1-4-10-27-19(24)17-15(23)12-21(3,26)18(20(25)28-11-5-2)16(17)13-6-8-14(22)9-7-13/h4-9,16-18,26H,1-2,10-12H2,3H3. The highest BCUT2D eigenvalue weighted by Crippen LogP contribution is 2.46. The number of esters is 2. The van der Waals surface area contributed by atoms with Gasteiger partial charge in [0.1, 0.15) is 24.9 Å². The molecule has 0 bridgehead atoms. The van der Waals surface area contributed by atoms with Crippen LogP contribution >= 0.6 is 0 Å². The molecule has 150 valence electrons. The Kier molecular flexibility index (Phi) is 6.85. The molecule has 2 rings (SSSR count). The van der Waals surface area contributed by atoms with E-state index in [-0.39, 0.29) is 13.2 Å². The first-order chi connectivity index (χ1) is 13.2. The van der Waals surface area contributed by atoms with Crippen LogP contribution in [0.4, 0.5) is 4.39 Å². The number of hydrogen-bond donors (Lipinski definition) is 1. The number of Topliss-reactive ketones (excluding diaryl/α,β-unsaturated/α-hetero) is 1. The van der Waals surface area contributed by atoms with Crippen molar-refractivity contribution in [2.24, 2.45) is 11.8 Å². The summed E-state index contributed by atoms with van der Waals surface area (Å²) in [5.41, 5.74) is -1.42. The van der Waals surface area contributed by atoms with Gasteiger partial charge in [-0.25, -0.2) is 4.39 Å². The van der Waals surface area contributed by atoms with Crippen LogP contribution in [0.5, 0.6) is 0 Å². The highest BCUT2D eigenvalue weighted by atomic mass is 19.1. The molecule has 1 aliphatic carbocycles. The Morgan fingerprint density at radius 1 is 1.18 bits per heavy atom. The summed E-state index contributed by atoms with van der Waals surface area (Å²) in [6.07, 6.45) is 2.29. The van der Waals surface area contributed by atoms with Crippen LogP contribution in [0, 0.1) is 17.7 Å². The van der Waals surface area contributed by atoms with Crippen molar-refractivity contribution in [2.75, 3.05) is 13.2 Å². The van der Waals surface area contributed by atoms with Crippen LogP contribution < -0.4 is 0 Å². The summed E-state index contributed by atoms with van der Waals surface area (Å²) >= 11 is 0. The molecule has 0 radical (unpaired) electrons. The molecule has 6 nitrogen and oxygen atoms in total. The number of rotatable bonds is 7. The van der Waals surface area contributed by atoms with Crippen molar-refractivity contribution in [1.29, 1.82) is 0 Å². The first-order valence-corrected chi connectivity index (χ1v) is 8.78. The largest absolute Gasteiger partial charge is 0.461 e. The molecule has 1 saturated carbocycles. The molecule has 0 amide bonds. The van der Waals surface area contributed by atoms with Gasteiger partial charge >= 0.3 is 11.9 Å². The monoisotopic (exact) mass is 390 g/mol. The fraction of sp³-hybridized carbons (Fsp3) is 0.381. The van der Waals surface area contributed by atoms with Gasteiger partial charge < -0.3 is 14.6 Å². The maximum absolute atomic E-state index is 13.4. The van der Waals surface area contributed by atoms with Crippen LogP contribution in [0.15, 0.2) is 49.6 Å². The zero-order valence-electron chi connectivity index (χ0n) is 15.6. The number of benzene rings is 1. The third-order valence-electron chi connectivity index (χ3n) is 4.72. The number of ether oxygens (including phenoxy) is 2. The lowest BCUT2D eigenvalue weighted by Gasteiger charge is -2.43. The van der Waals surface area contributed by atoms with Gasteiger partial charge in [0, 0.05) is 12.3 Å². The minimum absolute atomic E-state index is 0.0962. The third-order valence-corrected chi connectivity index (χ3v) is 4.72. The Balaban J connectivity index is 2.56. The second-order valence-corrected chi connectivity index (χ2v) is 6.87. The number of halogens is 1. The molecule has 4 unspecified atom stereocenters. The number of carbonyl (C=O) groups is 3. The van der Waals surface area contributed by atoms with E-state index in [1.165, 1.54) is 31.2 Å². The van der Waals surface area contributed by atoms with Crippen molar-refractivity contribution in [2.45, 2.75) is 24.9 Å². The van der Waals surface area contributed by atoms with Gasteiger partial charge in [0.2, 0.25) is 0 Å². The predicted octanol–water partition coefficient (Wildman–Crippen LogP) is 2.32. The summed E-state index contributed by atoms with van der Waals surface area (Å²) < 4.78 is 23.6. The molecular formula is C21H23FO6. The number of hydrogen-bond acceptors (Lipinski definition) is 6. The molecule has 28 heavy (non-hydrogen) atoms. The van der Waals surface area contributed by atoms with Gasteiger partial charge in [-0.1, -0.05) is 37.4 Å². The molecule has 1 aromatic rings. The third kappa shape index (κ3) is 4.54. The van der Waals surface area contributed by atoms with E-state index in [0.717, 1.165) is 12.1 Å². The molecule has 4 atom stereocenters. The quantitative estimate of drug-likeness (QED) is 0.437. The van der Waals surface area contributed by atoms with E-state index in [1.54, 1.807) is 0 Å². The summed E-state index contributed by atoms with van der Waals surface area (Å²) in [6.45, 7) is 8.06. The zero-order chi connectivity index (χ0) is 20.9. The zero-order valence-corrected chi connectivity index (χ0v) is 15.6. The van der Waals surface area contributed by atoms with Crippen LogP contribution in [0.1, 0.15) is 24.8 Å². The number of ketones is 1. The normalized spacial score (nSPS) is 27.0. The first-order valence-electron chi connectivity index (χ1n) is 8.78. The van der Waals surface area contributed by atoms with Gasteiger partial charge in [0.15, 0.2) is 5.78 Å². The summed E-state index contributed by atoms with van der Waals surface area (Å²) in [5.74, 6) is -6.37. The molecule has 1 fully saturated rings. The summed E-state index contributed by atoms with van der Waals surface area (Å²) in [6, 6.07) is 5.05. The van der Waals surface area contributed by atoms with E-state index in [2.05, 4.69) is 13.2 Å². The molecule has 1 aromatic carbocycles.